The highest BCUT2D eigenvalue weighted by Gasteiger charge is 2.11. The summed E-state index contributed by atoms with van der Waals surface area (Å²) in [5.41, 5.74) is 1.19. The minimum Gasteiger partial charge on any atom is -0.200 e. The Morgan fingerprint density at radius 3 is 2.38 bits per heavy atom. The molecule has 0 aromatic heterocycles. The van der Waals surface area contributed by atoms with E-state index in [9.17, 15) is 8.42 Å². The molecular weight excluding hydrogens is 352 g/mol. The average Bonchev–Trinajstić information content (AvgIpc) is 2.48. The van der Waals surface area contributed by atoms with E-state index in [0.717, 1.165) is 10.9 Å². The van der Waals surface area contributed by atoms with Gasteiger partial charge in [-0.3, -0.25) is 0 Å². The summed E-state index contributed by atoms with van der Waals surface area (Å²) < 4.78 is 24.7. The Morgan fingerprint density at radius 1 is 1.05 bits per heavy atom. The second-order valence-electron chi connectivity index (χ2n) is 4.38. The smallest absolute Gasteiger partial charge is 0.200 e. The van der Waals surface area contributed by atoms with Crippen molar-refractivity contribution in [3.8, 4) is 0 Å². The molecule has 4 nitrogen and oxygen atoms in total. The summed E-state index contributed by atoms with van der Waals surface area (Å²) in [5.74, 6) is 0. The summed E-state index contributed by atoms with van der Waals surface area (Å²) in [6.45, 7) is 0. The highest BCUT2D eigenvalue weighted by molar-refractivity contribution is 9.10. The van der Waals surface area contributed by atoms with Crippen molar-refractivity contribution in [2.24, 2.45) is 5.10 Å². The third-order valence-corrected chi connectivity index (χ3v) is 4.56. The Morgan fingerprint density at radius 2 is 1.71 bits per heavy atom. The fourth-order valence-electron chi connectivity index (χ4n) is 1.71. The molecule has 0 aliphatic rings. The molecule has 0 aliphatic heterocycles. The van der Waals surface area contributed by atoms with Crippen molar-refractivity contribution >= 4 is 32.2 Å². The summed E-state index contributed by atoms with van der Waals surface area (Å²) in [6, 6.07) is 16.4. The number of hydrogen-bond acceptors (Lipinski definition) is 3. The van der Waals surface area contributed by atoms with Gasteiger partial charge in [-0.05, 0) is 42.7 Å². The van der Waals surface area contributed by atoms with Crippen LogP contribution in [0.15, 0.2) is 69.1 Å². The highest BCUT2D eigenvalue weighted by Crippen LogP contribution is 2.14. The van der Waals surface area contributed by atoms with E-state index in [1.807, 2.05) is 30.3 Å². The molecule has 21 heavy (non-hydrogen) atoms. The predicted octanol–water partition coefficient (Wildman–Crippen LogP) is 3.35. The second-order valence-corrected chi connectivity index (χ2v) is 6.96. The number of hydrogen-bond donors (Lipinski definition) is 1. The Hall–Kier alpha value is -1.66. The summed E-state index contributed by atoms with van der Waals surface area (Å²) in [4.78, 5) is 2.39. The number of nitrogens with zero attached hydrogens (tertiary/aromatic N) is 1. The van der Waals surface area contributed by atoms with Crippen LogP contribution in [0.2, 0.25) is 0 Å². The van der Waals surface area contributed by atoms with Crippen molar-refractivity contribution in [3.05, 3.63) is 64.6 Å². The van der Waals surface area contributed by atoms with E-state index >= 15 is 0 Å². The van der Waals surface area contributed by atoms with Crippen molar-refractivity contribution in [1.29, 1.82) is 0 Å². The molecule has 2 aromatic carbocycles. The molecule has 1 N–H and O–H groups in total. The van der Waals surface area contributed by atoms with Crippen LogP contribution in [0.1, 0.15) is 12.0 Å². The van der Waals surface area contributed by atoms with Crippen LogP contribution in [0.3, 0.4) is 0 Å². The monoisotopic (exact) mass is 366 g/mol. The van der Waals surface area contributed by atoms with Gasteiger partial charge in [0.1, 0.15) is 0 Å². The number of aryl methyl sites for hydroxylation is 1. The molecule has 0 atom stereocenters. The molecule has 2 rings (SSSR count). The number of sulfonamides is 1. The molecule has 0 radical (unpaired) electrons. The minimum absolute atomic E-state index is 0.186. The van der Waals surface area contributed by atoms with Crippen LogP contribution in [-0.2, 0) is 16.4 Å². The summed E-state index contributed by atoms with van der Waals surface area (Å²) in [5, 5.41) is 3.78. The Labute approximate surface area is 133 Å². The lowest BCUT2D eigenvalue weighted by Crippen LogP contribution is -2.18. The first-order chi connectivity index (χ1) is 10.1. The van der Waals surface area contributed by atoms with E-state index in [2.05, 4.69) is 25.9 Å². The zero-order chi connectivity index (χ0) is 15.1. The van der Waals surface area contributed by atoms with E-state index in [1.54, 1.807) is 18.3 Å². The first kappa shape index (κ1) is 15.7. The molecule has 2 aromatic rings. The predicted molar refractivity (Wildman–Crippen MR) is 87.7 cm³/mol. The van der Waals surface area contributed by atoms with Crippen LogP contribution < -0.4 is 4.83 Å². The quantitative estimate of drug-likeness (QED) is 0.629. The number of nitrogens with one attached hydrogen (secondary N) is 1. The molecule has 0 bridgehead atoms. The van der Waals surface area contributed by atoms with Crippen LogP contribution in [0, 0.1) is 0 Å². The van der Waals surface area contributed by atoms with Gasteiger partial charge in [-0.1, -0.05) is 46.3 Å². The van der Waals surface area contributed by atoms with E-state index in [-0.39, 0.29) is 4.90 Å². The molecule has 0 spiro atoms. The lowest BCUT2D eigenvalue weighted by Gasteiger charge is -2.03. The van der Waals surface area contributed by atoms with E-state index in [4.69, 9.17) is 0 Å². The normalized spacial score (nSPS) is 11.7. The van der Waals surface area contributed by atoms with E-state index in [1.165, 1.54) is 17.7 Å². The van der Waals surface area contributed by atoms with Gasteiger partial charge in [-0.15, -0.1) is 0 Å². The van der Waals surface area contributed by atoms with E-state index < -0.39 is 10.0 Å². The maximum absolute atomic E-state index is 11.9. The fourth-order valence-corrected chi connectivity index (χ4v) is 2.79. The van der Waals surface area contributed by atoms with Gasteiger partial charge in [0, 0.05) is 10.7 Å². The lowest BCUT2D eigenvalue weighted by atomic mass is 10.1. The number of rotatable bonds is 6. The maximum atomic E-state index is 11.9. The minimum atomic E-state index is -3.59. The molecular formula is C15H15BrN2O2S. The number of halogens is 1. The standard InChI is InChI=1S/C15H15BrN2O2S/c16-14-8-10-15(11-9-14)21(19,20)18-17-12-4-7-13-5-2-1-3-6-13/h1-3,5-6,8-12,18H,4,7H2/b17-12+. The van der Waals surface area contributed by atoms with Gasteiger partial charge in [0.05, 0.1) is 4.90 Å². The summed E-state index contributed by atoms with van der Waals surface area (Å²) >= 11 is 3.26. The van der Waals surface area contributed by atoms with Crippen molar-refractivity contribution < 1.29 is 8.42 Å². The average molecular weight is 367 g/mol. The topological polar surface area (TPSA) is 58.5 Å². The summed E-state index contributed by atoms with van der Waals surface area (Å²) in [6.07, 6.45) is 3.07. The van der Waals surface area contributed by atoms with Crippen molar-refractivity contribution in [2.75, 3.05) is 0 Å². The number of benzene rings is 2. The molecule has 0 amide bonds. The number of hydrazone groups is 1. The molecule has 0 fully saturated rings. The largest absolute Gasteiger partial charge is 0.276 e. The van der Waals surface area contributed by atoms with Crippen LogP contribution >= 0.6 is 15.9 Å². The third-order valence-electron chi connectivity index (χ3n) is 2.79. The SMILES string of the molecule is O=S(=O)(N/N=C/CCc1ccccc1)c1ccc(Br)cc1. The molecule has 0 saturated carbocycles. The molecule has 0 saturated heterocycles. The highest BCUT2D eigenvalue weighted by atomic mass is 79.9. The van der Waals surface area contributed by atoms with Gasteiger partial charge in [-0.25, -0.2) is 4.83 Å². The Balaban J connectivity index is 1.87. The Kier molecular flexibility index (Phi) is 5.52. The van der Waals surface area contributed by atoms with Crippen LogP contribution in [-0.4, -0.2) is 14.6 Å². The van der Waals surface area contributed by atoms with Gasteiger partial charge < -0.3 is 0 Å². The first-order valence-electron chi connectivity index (χ1n) is 6.41. The third kappa shape index (κ3) is 4.99. The van der Waals surface area contributed by atoms with Crippen LogP contribution in [0.25, 0.3) is 0 Å². The Bertz CT molecular complexity index is 698. The molecule has 6 heteroatoms. The fraction of sp³-hybridized carbons (Fsp3) is 0.133. The van der Waals surface area contributed by atoms with Gasteiger partial charge >= 0.3 is 0 Å². The van der Waals surface area contributed by atoms with E-state index in [0.29, 0.717) is 6.42 Å². The maximum Gasteiger partial charge on any atom is 0.276 e. The zero-order valence-corrected chi connectivity index (χ0v) is 13.6. The first-order valence-corrected chi connectivity index (χ1v) is 8.68. The van der Waals surface area contributed by atoms with Gasteiger partial charge in [0.2, 0.25) is 0 Å². The van der Waals surface area contributed by atoms with Crippen LogP contribution in [0.5, 0.6) is 0 Å². The molecule has 0 heterocycles. The lowest BCUT2D eigenvalue weighted by molar-refractivity contribution is 0.584. The molecule has 110 valence electrons. The van der Waals surface area contributed by atoms with Gasteiger partial charge in [0.15, 0.2) is 0 Å². The zero-order valence-electron chi connectivity index (χ0n) is 11.2. The molecule has 0 unspecified atom stereocenters. The van der Waals surface area contributed by atoms with Gasteiger partial charge in [0.25, 0.3) is 10.0 Å². The summed E-state index contributed by atoms with van der Waals surface area (Å²) in [7, 11) is -3.59. The van der Waals surface area contributed by atoms with Crippen molar-refractivity contribution in [2.45, 2.75) is 17.7 Å². The van der Waals surface area contributed by atoms with Crippen LogP contribution in [0.4, 0.5) is 0 Å². The van der Waals surface area contributed by atoms with Crippen molar-refractivity contribution in [3.63, 3.8) is 0 Å². The van der Waals surface area contributed by atoms with Gasteiger partial charge in [-0.2, -0.15) is 13.5 Å². The molecule has 0 aliphatic carbocycles. The van der Waals surface area contributed by atoms with Crippen molar-refractivity contribution in [1.82, 2.24) is 4.83 Å². The second kappa shape index (κ2) is 7.38.